The second-order valence-corrected chi connectivity index (χ2v) is 6.99. The summed E-state index contributed by atoms with van der Waals surface area (Å²) in [5, 5.41) is 4.56. The Hall–Kier alpha value is -0.790. The first-order valence-electron chi connectivity index (χ1n) is 8.27. The van der Waals surface area contributed by atoms with Crippen LogP contribution in [-0.4, -0.2) is 11.3 Å². The molecule has 2 heteroatoms. The van der Waals surface area contributed by atoms with Gasteiger partial charge in [-0.25, -0.2) is 0 Å². The molecule has 4 rings (SSSR count). The van der Waals surface area contributed by atoms with Crippen molar-refractivity contribution in [3.63, 3.8) is 0 Å². The van der Waals surface area contributed by atoms with E-state index in [9.17, 15) is 0 Å². The molecule has 4 atom stereocenters. The predicted molar refractivity (Wildman–Crippen MR) is 77.0 cm³/mol. The standard InChI is InChI=1S/C17H25NO/c1-2-3-4-5-11-17-14-9-8-13(12-14)16(17)10-6-7-15(16)18-19-17/h8-9,13-14H,2-7,10-12H2,1H3/t13-,14+,16-,17-/m1/s1. The number of allylic oxidation sites excluding steroid dienone is 1. The van der Waals surface area contributed by atoms with Crippen LogP contribution in [0.3, 0.4) is 0 Å². The number of oxime groups is 1. The normalized spacial score (nSPS) is 45.2. The van der Waals surface area contributed by atoms with Gasteiger partial charge >= 0.3 is 0 Å². The average molecular weight is 259 g/mol. The SMILES string of the molecule is CCCCCC[C@]12ON=C3CCC[C@@]31[C@@H]1C=C[C@H]2C1. The third kappa shape index (κ3) is 1.31. The fourth-order valence-corrected chi connectivity index (χ4v) is 5.49. The molecule has 1 heterocycles. The molecule has 2 nitrogen and oxygen atoms in total. The number of nitrogens with zero attached hydrogens (tertiary/aromatic N) is 1. The zero-order valence-electron chi connectivity index (χ0n) is 12.0. The first-order chi connectivity index (χ1) is 9.33. The fourth-order valence-electron chi connectivity index (χ4n) is 5.49. The van der Waals surface area contributed by atoms with Crippen LogP contribution in [0.25, 0.3) is 0 Å². The maximum absolute atomic E-state index is 6.17. The van der Waals surface area contributed by atoms with Gasteiger partial charge in [0.1, 0.15) is 0 Å². The Kier molecular flexibility index (Phi) is 2.59. The molecule has 4 aliphatic rings. The third-order valence-corrected chi connectivity index (χ3v) is 6.29. The van der Waals surface area contributed by atoms with Crippen LogP contribution in [-0.2, 0) is 4.84 Å². The lowest BCUT2D eigenvalue weighted by atomic mass is 9.62. The zero-order chi connectivity index (χ0) is 12.9. The first-order valence-corrected chi connectivity index (χ1v) is 8.27. The Balaban J connectivity index is 1.61. The Labute approximate surface area is 116 Å². The van der Waals surface area contributed by atoms with Gasteiger partial charge in [0.25, 0.3) is 0 Å². The summed E-state index contributed by atoms with van der Waals surface area (Å²) in [4.78, 5) is 6.17. The molecule has 0 N–H and O–H groups in total. The number of hydrogen-bond acceptors (Lipinski definition) is 2. The van der Waals surface area contributed by atoms with Crippen molar-refractivity contribution < 1.29 is 4.84 Å². The molecule has 0 aromatic carbocycles. The Morgan fingerprint density at radius 2 is 2.16 bits per heavy atom. The highest BCUT2D eigenvalue weighted by atomic mass is 16.7. The predicted octanol–water partition coefficient (Wildman–Crippen LogP) is 4.46. The van der Waals surface area contributed by atoms with Gasteiger partial charge in [-0.15, -0.1) is 0 Å². The second kappa shape index (κ2) is 4.10. The first kappa shape index (κ1) is 12.0. The van der Waals surface area contributed by atoms with Gasteiger partial charge in [-0.1, -0.05) is 43.5 Å². The van der Waals surface area contributed by atoms with Crippen molar-refractivity contribution in [2.75, 3.05) is 0 Å². The number of unbranched alkanes of at least 4 members (excludes halogenated alkanes) is 3. The van der Waals surface area contributed by atoms with Crippen LogP contribution in [0.5, 0.6) is 0 Å². The molecule has 0 amide bonds. The highest BCUT2D eigenvalue weighted by Crippen LogP contribution is 2.69. The van der Waals surface area contributed by atoms with E-state index in [1.54, 1.807) is 0 Å². The van der Waals surface area contributed by atoms with E-state index in [4.69, 9.17) is 4.84 Å². The molecule has 0 unspecified atom stereocenters. The second-order valence-electron chi connectivity index (χ2n) is 6.99. The summed E-state index contributed by atoms with van der Waals surface area (Å²) in [5.41, 5.74) is 1.80. The van der Waals surface area contributed by atoms with E-state index in [0.717, 1.165) is 5.92 Å². The van der Waals surface area contributed by atoms with Crippen LogP contribution in [0.2, 0.25) is 0 Å². The monoisotopic (exact) mass is 259 g/mol. The number of hydrogen-bond donors (Lipinski definition) is 0. The maximum atomic E-state index is 6.17. The van der Waals surface area contributed by atoms with Crippen LogP contribution in [0, 0.1) is 17.3 Å². The highest BCUT2D eigenvalue weighted by molar-refractivity contribution is 5.95. The molecular weight excluding hydrogens is 234 g/mol. The van der Waals surface area contributed by atoms with Crippen LogP contribution in [0.1, 0.15) is 64.7 Å². The van der Waals surface area contributed by atoms with E-state index in [-0.39, 0.29) is 5.60 Å². The Morgan fingerprint density at radius 1 is 1.26 bits per heavy atom. The summed E-state index contributed by atoms with van der Waals surface area (Å²) in [7, 11) is 0. The van der Waals surface area contributed by atoms with E-state index >= 15 is 0 Å². The number of fused-ring (bicyclic) bond motifs is 3. The topological polar surface area (TPSA) is 21.6 Å². The fraction of sp³-hybridized carbons (Fsp3) is 0.824. The Bertz CT molecular complexity index is 441. The van der Waals surface area contributed by atoms with Gasteiger partial charge in [-0.2, -0.15) is 0 Å². The third-order valence-electron chi connectivity index (χ3n) is 6.29. The summed E-state index contributed by atoms with van der Waals surface area (Å²) in [6, 6.07) is 0. The lowest BCUT2D eigenvalue weighted by Crippen LogP contribution is -2.51. The van der Waals surface area contributed by atoms with Gasteiger partial charge in [0.05, 0.1) is 11.1 Å². The van der Waals surface area contributed by atoms with Crippen molar-refractivity contribution in [2.45, 2.75) is 70.3 Å². The summed E-state index contributed by atoms with van der Waals surface area (Å²) >= 11 is 0. The van der Waals surface area contributed by atoms with E-state index in [0.29, 0.717) is 11.3 Å². The van der Waals surface area contributed by atoms with Crippen molar-refractivity contribution in [2.24, 2.45) is 22.4 Å². The van der Waals surface area contributed by atoms with E-state index in [1.165, 1.54) is 63.5 Å². The minimum absolute atomic E-state index is 0.0615. The van der Waals surface area contributed by atoms with Crippen molar-refractivity contribution in [1.82, 2.24) is 0 Å². The summed E-state index contributed by atoms with van der Waals surface area (Å²) in [6.07, 6.45) is 16.7. The molecule has 1 aliphatic heterocycles. The Morgan fingerprint density at radius 3 is 3.05 bits per heavy atom. The number of rotatable bonds is 5. The van der Waals surface area contributed by atoms with Gasteiger partial charge in [0, 0.05) is 5.92 Å². The summed E-state index contributed by atoms with van der Waals surface area (Å²) in [5.74, 6) is 1.37. The molecule has 2 fully saturated rings. The van der Waals surface area contributed by atoms with Crippen LogP contribution >= 0.6 is 0 Å². The molecule has 104 valence electrons. The maximum Gasteiger partial charge on any atom is 0.155 e. The summed E-state index contributed by atoms with van der Waals surface area (Å²) in [6.45, 7) is 2.28. The smallest absolute Gasteiger partial charge is 0.155 e. The lowest BCUT2D eigenvalue weighted by molar-refractivity contribution is -0.100. The van der Waals surface area contributed by atoms with Crippen LogP contribution in [0.4, 0.5) is 0 Å². The largest absolute Gasteiger partial charge is 0.388 e. The minimum atomic E-state index is 0.0615. The molecular formula is C17H25NO. The molecule has 0 aromatic rings. The van der Waals surface area contributed by atoms with Crippen molar-refractivity contribution in [1.29, 1.82) is 0 Å². The molecule has 0 aromatic heterocycles. The molecule has 2 saturated carbocycles. The average Bonchev–Trinajstić information content (AvgIpc) is 3.12. The molecule has 3 aliphatic carbocycles. The molecule has 0 saturated heterocycles. The zero-order valence-corrected chi connectivity index (χ0v) is 12.0. The van der Waals surface area contributed by atoms with E-state index in [2.05, 4.69) is 24.2 Å². The van der Waals surface area contributed by atoms with Gasteiger partial charge in [0.2, 0.25) is 0 Å². The van der Waals surface area contributed by atoms with Gasteiger partial charge in [-0.3, -0.25) is 0 Å². The van der Waals surface area contributed by atoms with Gasteiger partial charge in [0.15, 0.2) is 5.60 Å². The van der Waals surface area contributed by atoms with Crippen molar-refractivity contribution in [3.8, 4) is 0 Å². The minimum Gasteiger partial charge on any atom is -0.388 e. The molecule has 0 radical (unpaired) electrons. The van der Waals surface area contributed by atoms with E-state index in [1.807, 2.05) is 0 Å². The van der Waals surface area contributed by atoms with E-state index < -0.39 is 0 Å². The lowest BCUT2D eigenvalue weighted by Gasteiger charge is -2.43. The van der Waals surface area contributed by atoms with Crippen LogP contribution < -0.4 is 0 Å². The quantitative estimate of drug-likeness (QED) is 0.527. The van der Waals surface area contributed by atoms with Crippen molar-refractivity contribution in [3.05, 3.63) is 12.2 Å². The molecule has 2 bridgehead atoms. The summed E-state index contributed by atoms with van der Waals surface area (Å²) < 4.78 is 0. The molecule has 19 heavy (non-hydrogen) atoms. The van der Waals surface area contributed by atoms with Crippen LogP contribution in [0.15, 0.2) is 17.3 Å². The van der Waals surface area contributed by atoms with Gasteiger partial charge in [-0.05, 0) is 44.4 Å². The van der Waals surface area contributed by atoms with Gasteiger partial charge < -0.3 is 4.84 Å². The van der Waals surface area contributed by atoms with Crippen molar-refractivity contribution >= 4 is 5.71 Å². The molecule has 1 spiro atoms. The highest BCUT2D eigenvalue weighted by Gasteiger charge is 2.73.